The minimum Gasteiger partial charge on any atom is -0.468 e. The lowest BCUT2D eigenvalue weighted by molar-refractivity contribution is -0.159. The second kappa shape index (κ2) is 5.95. The van der Waals surface area contributed by atoms with Crippen LogP contribution in [0.4, 0.5) is 0 Å². The van der Waals surface area contributed by atoms with Gasteiger partial charge in [0.05, 0.1) is 13.2 Å². The van der Waals surface area contributed by atoms with E-state index in [9.17, 15) is 4.79 Å². The highest BCUT2D eigenvalue weighted by atomic mass is 16.7. The number of ether oxygens (including phenoxy) is 3. The number of methoxy groups -OCH3 is 2. The predicted octanol–water partition coefficient (Wildman–Crippen LogP) is 0.146. The Balaban J connectivity index is 4.42. The highest BCUT2D eigenvalue weighted by Crippen LogP contribution is 2.14. The van der Waals surface area contributed by atoms with Crippen LogP contribution < -0.4 is 5.32 Å². The molecule has 5 heteroatoms. The fourth-order valence-electron chi connectivity index (χ4n) is 1.02. The molecule has 0 aromatic carbocycles. The van der Waals surface area contributed by atoms with Crippen molar-refractivity contribution in [3.05, 3.63) is 0 Å². The lowest BCUT2D eigenvalue weighted by Crippen LogP contribution is -2.57. The summed E-state index contributed by atoms with van der Waals surface area (Å²) >= 11 is 0. The molecule has 0 saturated carbocycles. The van der Waals surface area contributed by atoms with Crippen molar-refractivity contribution < 1.29 is 19.0 Å². The summed E-state index contributed by atoms with van der Waals surface area (Å²) in [6, 6.07) is 0. The molecule has 0 spiro atoms. The van der Waals surface area contributed by atoms with E-state index in [4.69, 9.17) is 9.47 Å². The minimum absolute atomic E-state index is 0.148. The molecule has 0 saturated heterocycles. The Kier molecular flexibility index (Phi) is 5.68. The summed E-state index contributed by atoms with van der Waals surface area (Å²) in [5, 5.41) is 2.88. The first-order valence-electron chi connectivity index (χ1n) is 4.40. The van der Waals surface area contributed by atoms with Crippen molar-refractivity contribution in [2.24, 2.45) is 0 Å². The van der Waals surface area contributed by atoms with Crippen molar-refractivity contribution in [2.45, 2.75) is 25.5 Å². The van der Waals surface area contributed by atoms with E-state index in [2.05, 4.69) is 10.1 Å². The molecule has 1 N–H and O–H groups in total. The van der Waals surface area contributed by atoms with Crippen LogP contribution >= 0.6 is 0 Å². The Labute approximate surface area is 84.7 Å². The van der Waals surface area contributed by atoms with Gasteiger partial charge in [0.15, 0.2) is 0 Å². The first kappa shape index (κ1) is 13.4. The minimum atomic E-state index is -0.854. The first-order chi connectivity index (χ1) is 6.52. The molecular weight excluding hydrogens is 186 g/mol. The molecule has 2 atom stereocenters. The number of nitrogens with one attached hydrogen (secondary N) is 1. The second-order valence-corrected chi connectivity index (χ2v) is 3.16. The molecule has 0 aromatic heterocycles. The van der Waals surface area contributed by atoms with Gasteiger partial charge in [0.1, 0.15) is 12.3 Å². The number of likely N-dealkylation sites (N-methyl/N-ethyl adjacent to an activating group) is 1. The molecule has 0 amide bonds. The highest BCUT2D eigenvalue weighted by molar-refractivity contribution is 5.81. The maximum absolute atomic E-state index is 11.5. The summed E-state index contributed by atoms with van der Waals surface area (Å²) in [4.78, 5) is 11.5. The van der Waals surface area contributed by atoms with Gasteiger partial charge in [0.2, 0.25) is 0 Å². The van der Waals surface area contributed by atoms with E-state index < -0.39 is 5.54 Å². The number of hydrogen-bond acceptors (Lipinski definition) is 5. The van der Waals surface area contributed by atoms with Crippen LogP contribution in [0.1, 0.15) is 13.8 Å². The number of carbonyl (C=O) groups is 1. The molecule has 0 heterocycles. The van der Waals surface area contributed by atoms with Gasteiger partial charge >= 0.3 is 5.97 Å². The predicted molar refractivity (Wildman–Crippen MR) is 51.9 cm³/mol. The molecule has 0 aliphatic rings. The van der Waals surface area contributed by atoms with Crippen LogP contribution in [0.5, 0.6) is 0 Å². The van der Waals surface area contributed by atoms with Crippen LogP contribution in [-0.4, -0.2) is 45.7 Å². The molecule has 0 aromatic rings. The Bertz CT molecular complexity index is 186. The van der Waals surface area contributed by atoms with E-state index in [1.54, 1.807) is 20.9 Å². The van der Waals surface area contributed by atoms with Crippen molar-refractivity contribution in [1.29, 1.82) is 0 Å². The molecule has 14 heavy (non-hydrogen) atoms. The smallest absolute Gasteiger partial charge is 0.328 e. The zero-order valence-electron chi connectivity index (χ0n) is 9.42. The number of hydrogen-bond donors (Lipinski definition) is 1. The van der Waals surface area contributed by atoms with Crippen LogP contribution in [0.15, 0.2) is 0 Å². The molecular formula is C9H19NO4. The van der Waals surface area contributed by atoms with E-state index in [1.807, 2.05) is 0 Å². The number of carbonyl (C=O) groups excluding carboxylic acids is 1. The van der Waals surface area contributed by atoms with Gasteiger partial charge in [-0.3, -0.25) is 0 Å². The van der Waals surface area contributed by atoms with Crippen LogP contribution in [-0.2, 0) is 19.0 Å². The topological polar surface area (TPSA) is 56.8 Å². The summed E-state index contributed by atoms with van der Waals surface area (Å²) in [6.07, 6.45) is -0.333. The van der Waals surface area contributed by atoms with E-state index in [0.29, 0.717) is 0 Å². The van der Waals surface area contributed by atoms with Gasteiger partial charge in [-0.25, -0.2) is 4.79 Å². The van der Waals surface area contributed by atoms with Gasteiger partial charge in [-0.15, -0.1) is 0 Å². The molecule has 0 rings (SSSR count). The highest BCUT2D eigenvalue weighted by Gasteiger charge is 2.39. The molecule has 5 nitrogen and oxygen atoms in total. The van der Waals surface area contributed by atoms with Crippen molar-refractivity contribution in [2.75, 3.05) is 28.1 Å². The zero-order valence-corrected chi connectivity index (χ0v) is 9.42. The third-order valence-electron chi connectivity index (χ3n) is 2.38. The van der Waals surface area contributed by atoms with Gasteiger partial charge in [-0.1, -0.05) is 0 Å². The standard InChI is InChI=1S/C9H19NO4/c1-7(14-6-12-4)9(2,10-3)8(11)13-5/h7,10H,6H2,1-5H3/t7-,9?/m1/s1. The molecule has 0 radical (unpaired) electrons. The average molecular weight is 205 g/mol. The van der Waals surface area contributed by atoms with Crippen LogP contribution in [0, 0.1) is 0 Å². The quantitative estimate of drug-likeness (QED) is 0.494. The van der Waals surface area contributed by atoms with Crippen LogP contribution in [0.3, 0.4) is 0 Å². The average Bonchev–Trinajstić information content (AvgIpc) is 2.23. The Morgan fingerprint density at radius 3 is 2.43 bits per heavy atom. The van der Waals surface area contributed by atoms with E-state index >= 15 is 0 Å². The van der Waals surface area contributed by atoms with Gasteiger partial charge in [0.25, 0.3) is 0 Å². The lowest BCUT2D eigenvalue weighted by atomic mass is 9.96. The summed E-state index contributed by atoms with van der Waals surface area (Å²) in [7, 11) is 4.56. The summed E-state index contributed by atoms with van der Waals surface area (Å²) < 4.78 is 14.7. The van der Waals surface area contributed by atoms with Crippen LogP contribution in [0.25, 0.3) is 0 Å². The Morgan fingerprint density at radius 2 is 2.07 bits per heavy atom. The summed E-state index contributed by atoms with van der Waals surface area (Å²) in [6.45, 7) is 3.65. The van der Waals surface area contributed by atoms with Gasteiger partial charge in [0, 0.05) is 7.11 Å². The van der Waals surface area contributed by atoms with Crippen molar-refractivity contribution in [1.82, 2.24) is 5.32 Å². The largest absolute Gasteiger partial charge is 0.468 e. The maximum Gasteiger partial charge on any atom is 0.328 e. The van der Waals surface area contributed by atoms with E-state index in [0.717, 1.165) is 0 Å². The molecule has 0 aliphatic heterocycles. The normalized spacial score (nSPS) is 17.2. The SMILES string of the molecule is CNC(C)(C(=O)OC)[C@@H](C)OCOC. The number of rotatable bonds is 6. The number of esters is 1. The second-order valence-electron chi connectivity index (χ2n) is 3.16. The van der Waals surface area contributed by atoms with Crippen molar-refractivity contribution >= 4 is 5.97 Å². The van der Waals surface area contributed by atoms with Crippen molar-refractivity contribution in [3.8, 4) is 0 Å². The maximum atomic E-state index is 11.5. The monoisotopic (exact) mass is 205 g/mol. The molecule has 1 unspecified atom stereocenters. The Hall–Kier alpha value is -0.650. The fourth-order valence-corrected chi connectivity index (χ4v) is 1.02. The first-order valence-corrected chi connectivity index (χ1v) is 4.40. The van der Waals surface area contributed by atoms with Crippen molar-refractivity contribution in [3.63, 3.8) is 0 Å². The third-order valence-corrected chi connectivity index (χ3v) is 2.38. The Morgan fingerprint density at radius 1 is 1.50 bits per heavy atom. The molecule has 84 valence electrons. The van der Waals surface area contributed by atoms with Gasteiger partial charge in [-0.2, -0.15) is 0 Å². The van der Waals surface area contributed by atoms with Gasteiger partial charge < -0.3 is 19.5 Å². The van der Waals surface area contributed by atoms with E-state index in [-0.39, 0.29) is 18.9 Å². The summed E-state index contributed by atoms with van der Waals surface area (Å²) in [5.74, 6) is -0.358. The van der Waals surface area contributed by atoms with Gasteiger partial charge in [-0.05, 0) is 20.9 Å². The molecule has 0 bridgehead atoms. The zero-order chi connectivity index (χ0) is 11.2. The molecule has 0 aliphatic carbocycles. The third kappa shape index (κ3) is 2.94. The van der Waals surface area contributed by atoms with Crippen LogP contribution in [0.2, 0.25) is 0 Å². The molecule has 0 fully saturated rings. The lowest BCUT2D eigenvalue weighted by Gasteiger charge is -2.31. The van der Waals surface area contributed by atoms with E-state index in [1.165, 1.54) is 14.2 Å². The summed E-state index contributed by atoms with van der Waals surface area (Å²) in [5.41, 5.74) is -0.854. The fraction of sp³-hybridized carbons (Fsp3) is 0.889.